The van der Waals surface area contributed by atoms with Gasteiger partial charge in [-0.3, -0.25) is 0 Å². The minimum atomic E-state index is 1.17. The number of aromatic nitrogens is 1. The van der Waals surface area contributed by atoms with Crippen LogP contribution in [0.5, 0.6) is 0 Å². The van der Waals surface area contributed by atoms with Gasteiger partial charge in [0.2, 0.25) is 0 Å². The molecule has 0 bridgehead atoms. The Hall–Kier alpha value is -0.370. The van der Waals surface area contributed by atoms with Gasteiger partial charge in [-0.05, 0) is 19.3 Å². The first-order valence-corrected chi connectivity index (χ1v) is 5.62. The zero-order valence-electron chi connectivity index (χ0n) is 7.97. The van der Waals surface area contributed by atoms with Crippen LogP contribution in [0, 0.1) is 0 Å². The molecule has 12 heavy (non-hydrogen) atoms. The summed E-state index contributed by atoms with van der Waals surface area (Å²) in [4.78, 5) is 5.84. The summed E-state index contributed by atoms with van der Waals surface area (Å²) in [7, 11) is 0. The van der Waals surface area contributed by atoms with Crippen LogP contribution in [0.2, 0.25) is 0 Å². The fourth-order valence-electron chi connectivity index (χ4n) is 1.15. The van der Waals surface area contributed by atoms with Crippen molar-refractivity contribution in [1.29, 1.82) is 0 Å². The molecule has 0 radical (unpaired) electrons. The molecule has 0 aliphatic heterocycles. The summed E-state index contributed by atoms with van der Waals surface area (Å²) < 4.78 is 0. The quantitative estimate of drug-likeness (QED) is 0.681. The molecule has 0 atom stereocenters. The molecule has 1 heterocycles. The predicted molar refractivity (Wildman–Crippen MR) is 54.7 cm³/mol. The van der Waals surface area contributed by atoms with Crippen molar-refractivity contribution in [2.45, 2.75) is 46.0 Å². The highest BCUT2D eigenvalue weighted by Crippen LogP contribution is 2.16. The number of unbranched alkanes of at least 4 members (excludes halogenated alkanes) is 1. The molecule has 0 saturated heterocycles. The second-order valence-electron chi connectivity index (χ2n) is 3.07. The molecule has 0 N–H and O–H groups in total. The van der Waals surface area contributed by atoms with Crippen molar-refractivity contribution in [3.05, 3.63) is 16.1 Å². The molecule has 1 aromatic rings. The normalized spacial score (nSPS) is 10.5. The molecule has 1 rings (SSSR count). The number of hydrogen-bond acceptors (Lipinski definition) is 2. The van der Waals surface area contributed by atoms with Crippen LogP contribution in [-0.4, -0.2) is 4.98 Å². The molecular weight excluding hydrogens is 166 g/mol. The Labute approximate surface area is 78.8 Å². The Kier molecular flexibility index (Phi) is 4.30. The molecule has 68 valence electrons. The Bertz CT molecular complexity index is 217. The van der Waals surface area contributed by atoms with E-state index in [2.05, 4.69) is 18.8 Å². The van der Waals surface area contributed by atoms with E-state index in [1.54, 1.807) is 0 Å². The van der Waals surface area contributed by atoms with Gasteiger partial charge >= 0.3 is 0 Å². The van der Waals surface area contributed by atoms with E-state index >= 15 is 0 Å². The predicted octanol–water partition coefficient (Wildman–Crippen LogP) is 3.44. The van der Waals surface area contributed by atoms with Gasteiger partial charge in [0.25, 0.3) is 0 Å². The molecule has 0 spiro atoms. The molecular formula is C10H17NS. The van der Waals surface area contributed by atoms with E-state index in [1.807, 2.05) is 17.5 Å². The van der Waals surface area contributed by atoms with E-state index in [0.717, 1.165) is 0 Å². The average molecular weight is 183 g/mol. The average Bonchev–Trinajstić information content (AvgIpc) is 2.50. The lowest BCUT2D eigenvalue weighted by atomic mass is 10.3. The van der Waals surface area contributed by atoms with E-state index in [-0.39, 0.29) is 0 Å². The number of hydrogen-bond donors (Lipinski definition) is 0. The molecule has 1 aromatic heterocycles. The van der Waals surface area contributed by atoms with Crippen LogP contribution in [0.1, 0.15) is 43.0 Å². The van der Waals surface area contributed by atoms with E-state index in [9.17, 15) is 0 Å². The molecule has 0 unspecified atom stereocenters. The summed E-state index contributed by atoms with van der Waals surface area (Å²) in [6, 6.07) is 0. The highest BCUT2D eigenvalue weighted by atomic mass is 32.1. The van der Waals surface area contributed by atoms with Gasteiger partial charge in [-0.25, -0.2) is 4.98 Å². The van der Waals surface area contributed by atoms with E-state index < -0.39 is 0 Å². The van der Waals surface area contributed by atoms with Crippen molar-refractivity contribution in [3.63, 3.8) is 0 Å². The second kappa shape index (κ2) is 5.31. The van der Waals surface area contributed by atoms with E-state index in [0.29, 0.717) is 0 Å². The first-order chi connectivity index (χ1) is 5.86. The minimum Gasteiger partial charge on any atom is -0.249 e. The zero-order chi connectivity index (χ0) is 8.81. The maximum absolute atomic E-state index is 4.39. The lowest BCUT2D eigenvalue weighted by molar-refractivity contribution is 0.790. The molecule has 2 heteroatoms. The monoisotopic (exact) mass is 183 g/mol. The van der Waals surface area contributed by atoms with E-state index in [4.69, 9.17) is 0 Å². The van der Waals surface area contributed by atoms with Crippen LogP contribution in [0.3, 0.4) is 0 Å². The molecule has 0 fully saturated rings. The fourth-order valence-corrected chi connectivity index (χ4v) is 2.22. The summed E-state index contributed by atoms with van der Waals surface area (Å²) in [5, 5.41) is 1.32. The maximum atomic E-state index is 4.39. The van der Waals surface area contributed by atoms with Crippen molar-refractivity contribution < 1.29 is 0 Å². The standard InChI is InChI=1S/C10H17NS/c1-3-5-7-10-11-8-9(12-10)6-4-2/h8H,3-7H2,1-2H3. The second-order valence-corrected chi connectivity index (χ2v) is 4.27. The van der Waals surface area contributed by atoms with Gasteiger partial charge < -0.3 is 0 Å². The van der Waals surface area contributed by atoms with Crippen molar-refractivity contribution in [1.82, 2.24) is 4.98 Å². The molecule has 0 aromatic carbocycles. The first-order valence-electron chi connectivity index (χ1n) is 4.80. The van der Waals surface area contributed by atoms with Gasteiger partial charge in [-0.1, -0.05) is 26.7 Å². The Morgan fingerprint density at radius 3 is 2.75 bits per heavy atom. The summed E-state index contributed by atoms with van der Waals surface area (Å²) >= 11 is 1.89. The van der Waals surface area contributed by atoms with Crippen LogP contribution >= 0.6 is 11.3 Å². The molecule has 0 amide bonds. The molecule has 0 aliphatic rings. The van der Waals surface area contributed by atoms with E-state index in [1.165, 1.54) is 42.0 Å². The van der Waals surface area contributed by atoms with Crippen molar-refractivity contribution >= 4 is 11.3 Å². The third kappa shape index (κ3) is 2.94. The largest absolute Gasteiger partial charge is 0.249 e. The highest BCUT2D eigenvalue weighted by Gasteiger charge is 1.99. The lowest BCUT2D eigenvalue weighted by Crippen LogP contribution is -1.80. The highest BCUT2D eigenvalue weighted by molar-refractivity contribution is 7.11. The summed E-state index contributed by atoms with van der Waals surface area (Å²) in [6.07, 6.45) is 8.19. The number of thiazole rings is 1. The third-order valence-corrected chi connectivity index (χ3v) is 2.96. The van der Waals surface area contributed by atoms with Gasteiger partial charge in [0.15, 0.2) is 0 Å². The van der Waals surface area contributed by atoms with Crippen LogP contribution in [-0.2, 0) is 12.8 Å². The third-order valence-electron chi connectivity index (χ3n) is 1.84. The Balaban J connectivity index is 2.41. The van der Waals surface area contributed by atoms with Crippen molar-refractivity contribution in [2.75, 3.05) is 0 Å². The van der Waals surface area contributed by atoms with Crippen LogP contribution < -0.4 is 0 Å². The van der Waals surface area contributed by atoms with Crippen molar-refractivity contribution in [3.8, 4) is 0 Å². The van der Waals surface area contributed by atoms with Gasteiger partial charge in [0.1, 0.15) is 0 Å². The van der Waals surface area contributed by atoms with Crippen LogP contribution in [0.25, 0.3) is 0 Å². The van der Waals surface area contributed by atoms with Crippen LogP contribution in [0.4, 0.5) is 0 Å². The zero-order valence-corrected chi connectivity index (χ0v) is 8.78. The molecule has 0 saturated carbocycles. The van der Waals surface area contributed by atoms with Gasteiger partial charge in [-0.15, -0.1) is 11.3 Å². The summed E-state index contributed by atoms with van der Waals surface area (Å²) in [5.74, 6) is 0. The minimum absolute atomic E-state index is 1.17. The van der Waals surface area contributed by atoms with Gasteiger partial charge in [0.05, 0.1) is 5.01 Å². The molecule has 0 aliphatic carbocycles. The number of nitrogens with zero attached hydrogens (tertiary/aromatic N) is 1. The van der Waals surface area contributed by atoms with Gasteiger partial charge in [-0.2, -0.15) is 0 Å². The Morgan fingerprint density at radius 1 is 1.25 bits per heavy atom. The summed E-state index contributed by atoms with van der Waals surface area (Å²) in [5.41, 5.74) is 0. The first kappa shape index (κ1) is 9.72. The van der Waals surface area contributed by atoms with Gasteiger partial charge in [0, 0.05) is 11.1 Å². The topological polar surface area (TPSA) is 12.9 Å². The SMILES string of the molecule is CCCCc1ncc(CCC)s1. The number of rotatable bonds is 5. The lowest BCUT2D eigenvalue weighted by Gasteiger charge is -1.91. The smallest absolute Gasteiger partial charge is 0.0927 e. The number of aryl methyl sites for hydroxylation is 2. The Morgan fingerprint density at radius 2 is 2.08 bits per heavy atom. The maximum Gasteiger partial charge on any atom is 0.0927 e. The molecule has 1 nitrogen and oxygen atoms in total. The van der Waals surface area contributed by atoms with Crippen molar-refractivity contribution in [2.24, 2.45) is 0 Å². The fraction of sp³-hybridized carbons (Fsp3) is 0.700. The summed E-state index contributed by atoms with van der Waals surface area (Å²) in [6.45, 7) is 4.44. The van der Waals surface area contributed by atoms with Crippen LogP contribution in [0.15, 0.2) is 6.20 Å².